The molecule has 27 heavy (non-hydrogen) atoms. The summed E-state index contributed by atoms with van der Waals surface area (Å²) in [5.41, 5.74) is 2.80. The summed E-state index contributed by atoms with van der Waals surface area (Å²) in [6.45, 7) is 3.55. The molecule has 0 atom stereocenters. The molecule has 0 spiro atoms. The molecule has 1 amide bonds. The number of nitrogens with zero attached hydrogens (tertiary/aromatic N) is 4. The fraction of sp³-hybridized carbons (Fsp3) is 0.450. The molecule has 2 aromatic rings. The molecule has 2 rings (SSSR count). The molecule has 1 aromatic carbocycles. The van der Waals surface area contributed by atoms with E-state index in [1.807, 2.05) is 68.3 Å². The van der Waals surface area contributed by atoms with E-state index >= 15 is 0 Å². The molecule has 0 aliphatic rings. The number of likely N-dealkylation sites (N-methyl/N-ethyl adjacent to an activating group) is 1. The standard InChI is InChI=1S/C20H29N5OS/c1-6-17-13-18(25(4)5)23-20(22-17)27-14-15-8-7-9-16(12-15)19(26)21-10-11-24(2)3/h7-9,12-13H,6,10-11,14H2,1-5H3,(H,21,26). The third-order valence-electron chi connectivity index (χ3n) is 3.97. The van der Waals surface area contributed by atoms with Crippen molar-refractivity contribution in [1.82, 2.24) is 20.2 Å². The van der Waals surface area contributed by atoms with Gasteiger partial charge in [0.2, 0.25) is 0 Å². The molecule has 6 nitrogen and oxygen atoms in total. The van der Waals surface area contributed by atoms with Crippen molar-refractivity contribution in [3.8, 4) is 0 Å². The number of carbonyl (C=O) groups excluding carboxylic acids is 1. The highest BCUT2D eigenvalue weighted by molar-refractivity contribution is 7.98. The Morgan fingerprint density at radius 2 is 1.93 bits per heavy atom. The van der Waals surface area contributed by atoms with Crippen LogP contribution in [0.4, 0.5) is 5.82 Å². The average molecular weight is 388 g/mol. The Labute approximate surface area is 166 Å². The Kier molecular flexibility index (Phi) is 8.06. The molecule has 7 heteroatoms. The van der Waals surface area contributed by atoms with Crippen LogP contribution in [0, 0.1) is 0 Å². The number of aromatic nitrogens is 2. The third kappa shape index (κ3) is 6.84. The summed E-state index contributed by atoms with van der Waals surface area (Å²) >= 11 is 1.59. The molecule has 0 bridgehead atoms. The Bertz CT molecular complexity index is 764. The predicted molar refractivity (Wildman–Crippen MR) is 113 cm³/mol. The highest BCUT2D eigenvalue weighted by atomic mass is 32.2. The van der Waals surface area contributed by atoms with Crippen LogP contribution >= 0.6 is 11.8 Å². The molecule has 0 aliphatic carbocycles. The van der Waals surface area contributed by atoms with Gasteiger partial charge in [-0.05, 0) is 38.2 Å². The van der Waals surface area contributed by atoms with Crippen LogP contribution in [0.2, 0.25) is 0 Å². The maximum atomic E-state index is 12.3. The second-order valence-electron chi connectivity index (χ2n) is 6.80. The molecule has 0 aliphatic heterocycles. The fourth-order valence-corrected chi connectivity index (χ4v) is 3.19. The number of amides is 1. The number of hydrogen-bond acceptors (Lipinski definition) is 6. The predicted octanol–water partition coefficient (Wildman–Crippen LogP) is 2.69. The zero-order valence-electron chi connectivity index (χ0n) is 16.8. The van der Waals surface area contributed by atoms with Crippen molar-refractivity contribution in [2.24, 2.45) is 0 Å². The van der Waals surface area contributed by atoms with Crippen molar-refractivity contribution in [2.75, 3.05) is 46.2 Å². The van der Waals surface area contributed by atoms with Gasteiger partial charge in [-0.1, -0.05) is 30.8 Å². The molecule has 0 fully saturated rings. The minimum atomic E-state index is -0.0391. The molecule has 1 N–H and O–H groups in total. The van der Waals surface area contributed by atoms with Gasteiger partial charge in [0.15, 0.2) is 5.16 Å². The van der Waals surface area contributed by atoms with Gasteiger partial charge in [0.05, 0.1) is 0 Å². The van der Waals surface area contributed by atoms with Gasteiger partial charge in [-0.15, -0.1) is 0 Å². The summed E-state index contributed by atoms with van der Waals surface area (Å²) in [4.78, 5) is 25.5. The van der Waals surface area contributed by atoms with Crippen LogP contribution in [0.5, 0.6) is 0 Å². The Balaban J connectivity index is 2.02. The monoisotopic (exact) mass is 387 g/mol. The molecular weight excluding hydrogens is 358 g/mol. The van der Waals surface area contributed by atoms with E-state index in [-0.39, 0.29) is 5.91 Å². The summed E-state index contributed by atoms with van der Waals surface area (Å²) in [6, 6.07) is 9.75. The van der Waals surface area contributed by atoms with Crippen LogP contribution in [-0.2, 0) is 12.2 Å². The Morgan fingerprint density at radius 1 is 1.15 bits per heavy atom. The van der Waals surface area contributed by atoms with Crippen LogP contribution in [0.15, 0.2) is 35.5 Å². The van der Waals surface area contributed by atoms with Crippen LogP contribution < -0.4 is 10.2 Å². The van der Waals surface area contributed by atoms with Crippen molar-refractivity contribution in [2.45, 2.75) is 24.3 Å². The van der Waals surface area contributed by atoms with Gasteiger partial charge >= 0.3 is 0 Å². The number of hydrogen-bond donors (Lipinski definition) is 1. The lowest BCUT2D eigenvalue weighted by Gasteiger charge is -2.13. The molecular formula is C20H29N5OS. The van der Waals surface area contributed by atoms with Gasteiger partial charge in [-0.3, -0.25) is 4.79 Å². The lowest BCUT2D eigenvalue weighted by molar-refractivity contribution is 0.0951. The lowest BCUT2D eigenvalue weighted by Crippen LogP contribution is -2.31. The Morgan fingerprint density at radius 3 is 2.59 bits per heavy atom. The number of aryl methyl sites for hydroxylation is 1. The molecule has 1 heterocycles. The largest absolute Gasteiger partial charge is 0.363 e. The molecule has 0 radical (unpaired) electrons. The maximum Gasteiger partial charge on any atom is 0.251 e. The number of carbonyl (C=O) groups is 1. The number of nitrogens with one attached hydrogen (secondary N) is 1. The third-order valence-corrected chi connectivity index (χ3v) is 4.89. The van der Waals surface area contributed by atoms with Crippen molar-refractivity contribution in [1.29, 1.82) is 0 Å². The summed E-state index contributed by atoms with van der Waals surface area (Å²) in [5.74, 6) is 1.60. The number of anilines is 1. The first-order valence-electron chi connectivity index (χ1n) is 9.09. The van der Waals surface area contributed by atoms with Gasteiger partial charge in [-0.2, -0.15) is 0 Å². The molecule has 0 saturated carbocycles. The summed E-state index contributed by atoms with van der Waals surface area (Å²) in [5, 5.41) is 3.71. The van der Waals surface area contributed by atoms with E-state index < -0.39 is 0 Å². The van der Waals surface area contributed by atoms with Crippen LogP contribution in [0.3, 0.4) is 0 Å². The van der Waals surface area contributed by atoms with Gasteiger partial charge < -0.3 is 15.1 Å². The average Bonchev–Trinajstić information content (AvgIpc) is 2.65. The summed E-state index contributed by atoms with van der Waals surface area (Å²) < 4.78 is 0. The number of benzene rings is 1. The van der Waals surface area contributed by atoms with Gasteiger partial charge in [0, 0.05) is 50.3 Å². The van der Waals surface area contributed by atoms with E-state index in [1.54, 1.807) is 11.8 Å². The maximum absolute atomic E-state index is 12.3. The minimum absolute atomic E-state index is 0.0391. The van der Waals surface area contributed by atoms with E-state index in [0.717, 1.165) is 41.0 Å². The first kappa shape index (κ1) is 21.2. The van der Waals surface area contributed by atoms with Crippen molar-refractivity contribution in [3.05, 3.63) is 47.2 Å². The number of rotatable bonds is 9. The quantitative estimate of drug-likeness (QED) is 0.527. The second kappa shape index (κ2) is 10.3. The molecule has 0 saturated heterocycles. The SMILES string of the molecule is CCc1cc(N(C)C)nc(SCc2cccc(C(=O)NCCN(C)C)c2)n1. The lowest BCUT2D eigenvalue weighted by atomic mass is 10.1. The van der Waals surface area contributed by atoms with Crippen LogP contribution in [0.25, 0.3) is 0 Å². The van der Waals surface area contributed by atoms with Gasteiger partial charge in [0.25, 0.3) is 5.91 Å². The smallest absolute Gasteiger partial charge is 0.251 e. The highest BCUT2D eigenvalue weighted by Crippen LogP contribution is 2.23. The van der Waals surface area contributed by atoms with E-state index in [9.17, 15) is 4.79 Å². The topological polar surface area (TPSA) is 61.4 Å². The first-order chi connectivity index (χ1) is 12.9. The van der Waals surface area contributed by atoms with Crippen LogP contribution in [-0.4, -0.2) is 62.1 Å². The van der Waals surface area contributed by atoms with E-state index in [4.69, 9.17) is 0 Å². The number of thioether (sulfide) groups is 1. The Hall–Kier alpha value is -2.12. The highest BCUT2D eigenvalue weighted by Gasteiger charge is 2.09. The van der Waals surface area contributed by atoms with Crippen LogP contribution in [0.1, 0.15) is 28.5 Å². The molecule has 0 unspecified atom stereocenters. The van der Waals surface area contributed by atoms with E-state index in [0.29, 0.717) is 12.1 Å². The van der Waals surface area contributed by atoms with E-state index in [1.165, 1.54) is 0 Å². The zero-order chi connectivity index (χ0) is 19.8. The van der Waals surface area contributed by atoms with Crippen molar-refractivity contribution < 1.29 is 4.79 Å². The molecule has 146 valence electrons. The zero-order valence-corrected chi connectivity index (χ0v) is 17.6. The summed E-state index contributed by atoms with van der Waals surface area (Å²) in [6.07, 6.45) is 0.875. The second-order valence-corrected chi connectivity index (χ2v) is 7.74. The molecule has 1 aromatic heterocycles. The minimum Gasteiger partial charge on any atom is -0.363 e. The van der Waals surface area contributed by atoms with Gasteiger partial charge in [-0.25, -0.2) is 9.97 Å². The van der Waals surface area contributed by atoms with Gasteiger partial charge in [0.1, 0.15) is 5.82 Å². The van der Waals surface area contributed by atoms with E-state index in [2.05, 4.69) is 22.2 Å². The first-order valence-corrected chi connectivity index (χ1v) is 10.1. The fourth-order valence-electron chi connectivity index (χ4n) is 2.38. The summed E-state index contributed by atoms with van der Waals surface area (Å²) in [7, 11) is 7.94. The van der Waals surface area contributed by atoms with Crippen molar-refractivity contribution in [3.63, 3.8) is 0 Å². The van der Waals surface area contributed by atoms with Crippen molar-refractivity contribution >= 4 is 23.5 Å². The normalized spacial score (nSPS) is 10.9.